The predicted octanol–water partition coefficient (Wildman–Crippen LogP) is -0.821. The Kier molecular flexibility index (Phi) is 1830. The summed E-state index contributed by atoms with van der Waals surface area (Å²) >= 11 is 0. The summed E-state index contributed by atoms with van der Waals surface area (Å²) in [6.45, 7) is 44.3. The minimum atomic E-state index is 0. The van der Waals surface area contributed by atoms with Crippen LogP contribution in [0.4, 0.5) is 0 Å². The van der Waals surface area contributed by atoms with Crippen LogP contribution in [0.5, 0.6) is 0 Å². The van der Waals surface area contributed by atoms with E-state index in [-0.39, 0.29) is 102 Å². The first-order valence-electron chi connectivity index (χ1n) is 6.84. The molecule has 0 aromatic rings. The first kappa shape index (κ1) is 124. The zero-order chi connectivity index (χ0) is 27.1. The van der Waals surface area contributed by atoms with E-state index in [1.807, 2.05) is 0 Å². The van der Waals surface area contributed by atoms with Gasteiger partial charge in [0.05, 0.1) is 0 Å². The summed E-state index contributed by atoms with van der Waals surface area (Å²) in [5.74, 6) is 0. The van der Waals surface area contributed by atoms with Gasteiger partial charge in [-0.1, -0.05) is 0 Å². The van der Waals surface area contributed by atoms with E-state index in [2.05, 4.69) is 10.6 Å². The van der Waals surface area contributed by atoms with Crippen LogP contribution in [-0.4, -0.2) is 52.4 Å². The van der Waals surface area contributed by atoms with E-state index in [9.17, 15) is 0 Å². The van der Waals surface area contributed by atoms with Crippen LogP contribution in [0.15, 0.2) is 0 Å². The second-order valence-corrected chi connectivity index (χ2v) is 2.65. The molecule has 0 aliphatic heterocycles. The molecule has 0 amide bonds. The van der Waals surface area contributed by atoms with E-state index in [0.717, 1.165) is 26.2 Å². The van der Waals surface area contributed by atoms with Crippen LogP contribution < -0.4 is 33.6 Å². The molecule has 0 aromatic heterocycles. The van der Waals surface area contributed by atoms with Crippen molar-refractivity contribution >= 4 is 0 Å². The van der Waals surface area contributed by atoms with Gasteiger partial charge >= 0.3 is 0 Å². The summed E-state index contributed by atoms with van der Waals surface area (Å²) in [7, 11) is 0. The van der Waals surface area contributed by atoms with Crippen molar-refractivity contribution in [2.45, 2.75) is 0 Å². The molecule has 0 unspecified atom stereocenters. The monoisotopic (exact) mass is 796 g/mol. The summed E-state index contributed by atoms with van der Waals surface area (Å²) < 4.78 is 0. The summed E-state index contributed by atoms with van der Waals surface area (Å²) in [5, 5.41) is 56.1. The number of hydrogen-bond acceptors (Lipinski definition) is 14. The van der Waals surface area contributed by atoms with Gasteiger partial charge in [-0.15, -0.1) is 0 Å². The molecule has 0 fully saturated rings. The van der Waals surface area contributed by atoms with Crippen LogP contribution in [0, 0.1) is 94.7 Å². The van der Waals surface area contributed by atoms with Crippen LogP contribution in [0.3, 0.4) is 0 Å². The Balaban J connectivity index is -0.00000000838. The Bertz CT molecular complexity index is 275. The van der Waals surface area contributed by atoms with Crippen LogP contribution in [-0.2, 0) is 89.3 Å². The topological polar surface area (TPSA) is 385 Å². The quantitative estimate of drug-likeness (QED) is 0.0993. The first-order valence-corrected chi connectivity index (χ1v) is 6.84. The summed E-state index contributed by atoms with van der Waals surface area (Å²) in [6, 6.07) is 0. The molecule has 16 nitrogen and oxygen atoms in total. The van der Waals surface area contributed by atoms with Gasteiger partial charge in [0.15, 0.2) is 0 Å². The van der Waals surface area contributed by atoms with Crippen LogP contribution >= 0.6 is 0 Å². The van der Waals surface area contributed by atoms with E-state index >= 15 is 0 Å². The van der Waals surface area contributed by atoms with Gasteiger partial charge in [0.1, 0.15) is 0 Å². The van der Waals surface area contributed by atoms with Crippen molar-refractivity contribution in [2.24, 2.45) is 22.9 Å². The summed E-state index contributed by atoms with van der Waals surface area (Å²) in [4.78, 5) is 0. The molecular formula is C16H30Cu4MoN16-10. The number of nitrogens with zero attached hydrogens (tertiary/aromatic N) is 8. The van der Waals surface area contributed by atoms with Gasteiger partial charge in [0.25, 0.3) is 0 Å². The molecular weight excluding hydrogens is 766 g/mol. The molecule has 0 aliphatic carbocycles. The largest absolute Gasteiger partial charge is 0.693 e. The Morgan fingerprint density at radius 3 is 0.486 bits per heavy atom. The van der Waals surface area contributed by atoms with Gasteiger partial charge in [-0.2, -0.15) is 0 Å². The Labute approximate surface area is 280 Å². The molecule has 37 heavy (non-hydrogen) atoms. The van der Waals surface area contributed by atoms with Gasteiger partial charge in [-0.25, -0.2) is 0 Å². The van der Waals surface area contributed by atoms with Gasteiger partial charge in [-0.3, -0.25) is 0 Å². The van der Waals surface area contributed by atoms with Crippen molar-refractivity contribution < 1.29 is 89.3 Å². The van der Waals surface area contributed by atoms with E-state index in [1.54, 1.807) is 0 Å². The van der Waals surface area contributed by atoms with Crippen molar-refractivity contribution in [3.8, 4) is 0 Å². The van der Waals surface area contributed by atoms with Crippen molar-refractivity contribution in [3.05, 3.63) is 64.9 Å². The molecule has 0 aliphatic rings. The van der Waals surface area contributed by atoms with Gasteiger partial charge in [0, 0.05) is 142 Å². The molecule has 0 bridgehead atoms. The fourth-order valence-electron chi connectivity index (χ4n) is 0.658. The standard InChI is InChI=1S/2C4H13N3.8CN.4Cu.Mo.2H2N/c2*5-1-3-7-4-2-6;8*1-2;;;;;;;/h2*7H,1-6H2;;;;;;;;;;;;;;2*1H2/q;;8*-1;;;;;;2*-1. The first-order chi connectivity index (χ1) is 14.8. The van der Waals surface area contributed by atoms with Crippen molar-refractivity contribution in [1.29, 1.82) is 42.1 Å². The third-order valence-corrected chi connectivity index (χ3v) is 1.28. The third-order valence-electron chi connectivity index (χ3n) is 1.28. The number of nitrogens with two attached hydrogens (primary N) is 6. The Morgan fingerprint density at radius 2 is 0.432 bits per heavy atom. The maximum absolute atomic E-state index is 6.25. The predicted molar refractivity (Wildman–Crippen MR) is 112 cm³/mol. The fraction of sp³-hybridized carbons (Fsp3) is 0.500. The van der Waals surface area contributed by atoms with Crippen LogP contribution in [0.1, 0.15) is 0 Å². The normalized spacial score (nSPS) is 4.00. The molecule has 14 N–H and O–H groups in total. The third kappa shape index (κ3) is 888. The van der Waals surface area contributed by atoms with Crippen molar-refractivity contribution in [3.63, 3.8) is 0 Å². The molecule has 0 heterocycles. The second-order valence-electron chi connectivity index (χ2n) is 2.65. The smallest absolute Gasteiger partial charge is 0.00750 e. The average Bonchev–Trinajstić information content (AvgIpc) is 2.90. The maximum atomic E-state index is 6.25. The van der Waals surface area contributed by atoms with Crippen LogP contribution in [0.2, 0.25) is 0 Å². The maximum Gasteiger partial charge on any atom is 0.00750 e. The van der Waals surface area contributed by atoms with Gasteiger partial charge in [0.2, 0.25) is 0 Å². The molecule has 0 aromatic carbocycles. The molecule has 0 rings (SSSR count). The van der Waals surface area contributed by atoms with Gasteiger partial charge < -0.3 is 141 Å². The summed E-state index contributed by atoms with van der Waals surface area (Å²) in [5.41, 5.74) is 20.7. The fourth-order valence-corrected chi connectivity index (χ4v) is 0.658. The zero-order valence-electron chi connectivity index (χ0n) is 19.3. The molecule has 4 radical (unpaired) electrons. The van der Waals surface area contributed by atoms with E-state index in [0.29, 0.717) is 26.2 Å². The second kappa shape index (κ2) is 547. The van der Waals surface area contributed by atoms with Crippen LogP contribution in [0.25, 0.3) is 12.3 Å². The van der Waals surface area contributed by atoms with Crippen molar-refractivity contribution in [2.75, 3.05) is 52.4 Å². The number of hydrogen-bond donors (Lipinski definition) is 6. The Morgan fingerprint density at radius 1 is 0.351 bits per heavy atom. The molecule has 234 valence electrons. The zero-order valence-corrected chi connectivity index (χ0v) is 25.1. The van der Waals surface area contributed by atoms with E-state index in [1.165, 1.54) is 0 Å². The summed E-state index contributed by atoms with van der Waals surface area (Å²) in [6.07, 6.45) is 0. The molecule has 0 spiro atoms. The van der Waals surface area contributed by atoms with Crippen molar-refractivity contribution in [1.82, 2.24) is 10.6 Å². The average molecular weight is 797 g/mol. The number of nitrogens with one attached hydrogen (secondary N) is 2. The minimum Gasteiger partial charge on any atom is -0.693 e. The Hall–Kier alpha value is -1.63. The number of rotatable bonds is 8. The molecule has 0 saturated heterocycles. The molecule has 0 saturated carbocycles. The molecule has 0 atom stereocenters. The van der Waals surface area contributed by atoms with E-state index in [4.69, 9.17) is 118 Å². The molecule has 21 heteroatoms. The van der Waals surface area contributed by atoms with Gasteiger partial charge in [-0.05, 0) is 0 Å². The SMILES string of the molecule is NCCNCCN.NCCNCCN.[C-]#N.[C-]#N.[C-]#N.[C-]#N.[C-]#N.[C-]#N.[C-]#N.[C-]#N.[Cu].[Cu].[Cu].[Cu].[Mo].[NH2-].[NH2-]. The van der Waals surface area contributed by atoms with E-state index < -0.39 is 0 Å². The minimum absolute atomic E-state index is 0.